The van der Waals surface area contributed by atoms with Gasteiger partial charge in [-0.1, -0.05) is 170 Å². The fourth-order valence-electron chi connectivity index (χ4n) is 8.34. The zero-order chi connectivity index (χ0) is 53.0. The number of carbonyl (C=O) groups excluding carboxylic acids is 1. The van der Waals surface area contributed by atoms with Gasteiger partial charge in [-0.15, -0.1) is 0 Å². The van der Waals surface area contributed by atoms with Crippen LogP contribution in [0.25, 0.3) is 0 Å². The number of allylic oxidation sites excluding steroid dienone is 14. The van der Waals surface area contributed by atoms with Crippen molar-refractivity contribution >= 4 is 5.97 Å². The minimum absolute atomic E-state index is 0.0457. The first kappa shape index (κ1) is 66.3. The normalized spacial score (nSPS) is 25.6. The number of esters is 1. The molecule has 11 unspecified atom stereocenters. The van der Waals surface area contributed by atoms with Gasteiger partial charge in [0.05, 0.1) is 26.4 Å². The third-order valence-electron chi connectivity index (χ3n) is 12.9. The molecule has 73 heavy (non-hydrogen) atoms. The Labute approximate surface area is 439 Å². The fraction of sp³-hybridized carbons (Fsp3) is 0.746. The SMILES string of the molecule is CC/C=C\C/C=C\C/C=C\C/C=C\C/C=C\C/C=C\CCCCCCCCCOCC(COC1OC(COC2OC(CO)C(O)C(O)C2O)C(O)C(O)C1O)OC(=O)CCCCCCC/C=C\CCCCCC. The Morgan fingerprint density at radius 3 is 1.41 bits per heavy atom. The summed E-state index contributed by atoms with van der Waals surface area (Å²) in [6, 6.07) is 0. The number of rotatable bonds is 44. The quantitative estimate of drug-likeness (QED) is 0.0172. The lowest BCUT2D eigenvalue weighted by Crippen LogP contribution is -2.61. The van der Waals surface area contributed by atoms with Crippen LogP contribution < -0.4 is 0 Å². The molecule has 0 spiro atoms. The summed E-state index contributed by atoms with van der Waals surface area (Å²) in [7, 11) is 0. The molecule has 0 aromatic rings. The molecule has 0 aromatic heterocycles. The van der Waals surface area contributed by atoms with Crippen LogP contribution in [0.2, 0.25) is 0 Å². The lowest BCUT2D eigenvalue weighted by atomic mass is 9.98. The second-order valence-corrected chi connectivity index (χ2v) is 19.4. The summed E-state index contributed by atoms with van der Waals surface area (Å²) >= 11 is 0. The standard InChI is InChI=1S/C59H100O14/c1-3-5-7-9-11-13-15-17-18-19-20-21-22-23-24-25-26-27-28-29-31-33-35-37-39-41-43-68-45-48(71-51(61)42-40-38-36-34-32-30-16-14-12-10-8-6-4-2)46-69-58-57(67)55(65)53(63)50(73-58)47-70-59-56(66)54(64)52(62)49(44-60)72-59/h5,7,11,13-14,16-18,20-21,23-24,26-27,48-50,52-60,62-67H,3-4,6,8-10,12,15,19,22,25,28-47H2,1-2H3/b7-5-,13-11-,16-14-,18-17-,21-20-,24-23-,27-26-. The topological polar surface area (TPSA) is 214 Å². The summed E-state index contributed by atoms with van der Waals surface area (Å²) in [5, 5.41) is 72.2. The summed E-state index contributed by atoms with van der Waals surface area (Å²) in [5.74, 6) is -0.393. The minimum atomic E-state index is -1.71. The number of carbonyl (C=O) groups is 1. The van der Waals surface area contributed by atoms with Gasteiger partial charge in [-0.2, -0.15) is 0 Å². The highest BCUT2D eigenvalue weighted by Crippen LogP contribution is 2.26. The van der Waals surface area contributed by atoms with E-state index in [0.717, 1.165) is 109 Å². The highest BCUT2D eigenvalue weighted by molar-refractivity contribution is 5.69. The molecule has 7 N–H and O–H groups in total. The van der Waals surface area contributed by atoms with Gasteiger partial charge >= 0.3 is 5.97 Å². The summed E-state index contributed by atoms with van der Waals surface area (Å²) in [6.45, 7) is 3.50. The first-order valence-electron chi connectivity index (χ1n) is 28.2. The lowest BCUT2D eigenvalue weighted by Gasteiger charge is -2.42. The Hall–Kier alpha value is -2.83. The van der Waals surface area contributed by atoms with Gasteiger partial charge in [0.2, 0.25) is 0 Å². The van der Waals surface area contributed by atoms with Gasteiger partial charge in [-0.3, -0.25) is 4.79 Å². The molecule has 2 saturated heterocycles. The third-order valence-corrected chi connectivity index (χ3v) is 12.9. The number of hydrogen-bond acceptors (Lipinski definition) is 14. The Balaban J connectivity index is 1.71. The molecule has 420 valence electrons. The molecule has 14 heteroatoms. The molecule has 2 fully saturated rings. The average Bonchev–Trinajstić information content (AvgIpc) is 3.39. The van der Waals surface area contributed by atoms with Crippen molar-refractivity contribution in [1.82, 2.24) is 0 Å². The third kappa shape index (κ3) is 32.4. The molecule has 0 amide bonds. The van der Waals surface area contributed by atoms with Crippen molar-refractivity contribution < 1.29 is 69.0 Å². The van der Waals surface area contributed by atoms with E-state index in [-0.39, 0.29) is 19.6 Å². The molecule has 2 aliphatic heterocycles. The largest absolute Gasteiger partial charge is 0.457 e. The zero-order valence-corrected chi connectivity index (χ0v) is 44.8. The predicted molar refractivity (Wildman–Crippen MR) is 288 cm³/mol. The summed E-state index contributed by atoms with van der Waals surface area (Å²) in [5.41, 5.74) is 0. The Kier molecular flexibility index (Phi) is 41.2. The van der Waals surface area contributed by atoms with Crippen LogP contribution in [-0.4, -0.2) is 142 Å². The molecule has 2 aliphatic rings. The Morgan fingerprint density at radius 2 is 0.890 bits per heavy atom. The van der Waals surface area contributed by atoms with Crippen LogP contribution >= 0.6 is 0 Å². The molecule has 11 atom stereocenters. The first-order chi connectivity index (χ1) is 35.6. The summed E-state index contributed by atoms with van der Waals surface area (Å²) in [4.78, 5) is 13.0. The minimum Gasteiger partial charge on any atom is -0.457 e. The summed E-state index contributed by atoms with van der Waals surface area (Å²) < 4.78 is 34.3. The van der Waals surface area contributed by atoms with Gasteiger partial charge in [-0.05, 0) is 89.9 Å². The van der Waals surface area contributed by atoms with Gasteiger partial charge in [0, 0.05) is 13.0 Å². The van der Waals surface area contributed by atoms with Gasteiger partial charge in [0.25, 0.3) is 0 Å². The van der Waals surface area contributed by atoms with Crippen molar-refractivity contribution in [1.29, 1.82) is 0 Å². The average molecular weight is 1030 g/mol. The predicted octanol–water partition coefficient (Wildman–Crippen LogP) is 9.63. The van der Waals surface area contributed by atoms with Crippen molar-refractivity contribution in [3.05, 3.63) is 85.1 Å². The second-order valence-electron chi connectivity index (χ2n) is 19.4. The summed E-state index contributed by atoms with van der Waals surface area (Å²) in [6.07, 6.45) is 42.2. The van der Waals surface area contributed by atoms with E-state index < -0.39 is 86.7 Å². The molecule has 0 aromatic carbocycles. The molecular formula is C59H100O14. The highest BCUT2D eigenvalue weighted by atomic mass is 16.7. The van der Waals surface area contributed by atoms with Gasteiger partial charge in [-0.25, -0.2) is 0 Å². The number of ether oxygens (including phenoxy) is 6. The molecule has 0 aliphatic carbocycles. The van der Waals surface area contributed by atoms with Crippen LogP contribution in [0.3, 0.4) is 0 Å². The fourth-order valence-corrected chi connectivity index (χ4v) is 8.34. The van der Waals surface area contributed by atoms with Crippen LogP contribution in [0.15, 0.2) is 85.1 Å². The van der Waals surface area contributed by atoms with E-state index in [1.807, 2.05) is 0 Å². The van der Waals surface area contributed by atoms with Gasteiger partial charge in [0.1, 0.15) is 54.9 Å². The van der Waals surface area contributed by atoms with Crippen LogP contribution in [-0.2, 0) is 33.2 Å². The van der Waals surface area contributed by atoms with Crippen LogP contribution in [0.1, 0.15) is 181 Å². The lowest BCUT2D eigenvalue weighted by molar-refractivity contribution is -0.332. The molecule has 2 rings (SSSR count). The van der Waals surface area contributed by atoms with Gasteiger partial charge < -0.3 is 64.2 Å². The number of unbranched alkanes of at least 4 members (excludes halogenated alkanes) is 16. The second kappa shape index (κ2) is 45.4. The zero-order valence-electron chi connectivity index (χ0n) is 44.8. The smallest absolute Gasteiger partial charge is 0.306 e. The van der Waals surface area contributed by atoms with E-state index in [4.69, 9.17) is 28.4 Å². The van der Waals surface area contributed by atoms with E-state index in [1.165, 1.54) is 44.9 Å². The number of aliphatic hydroxyl groups is 7. The Bertz CT molecular complexity index is 1530. The molecule has 0 bridgehead atoms. The van der Waals surface area contributed by atoms with Crippen molar-refractivity contribution in [2.24, 2.45) is 0 Å². The van der Waals surface area contributed by atoms with Crippen LogP contribution in [0, 0.1) is 0 Å². The molecular weight excluding hydrogens is 933 g/mol. The van der Waals surface area contributed by atoms with E-state index in [2.05, 4.69) is 98.9 Å². The Morgan fingerprint density at radius 1 is 0.466 bits per heavy atom. The van der Waals surface area contributed by atoms with E-state index in [0.29, 0.717) is 13.0 Å². The molecule has 14 nitrogen and oxygen atoms in total. The number of aliphatic hydroxyl groups excluding tert-OH is 7. The van der Waals surface area contributed by atoms with Crippen molar-refractivity contribution in [2.75, 3.05) is 33.0 Å². The maximum Gasteiger partial charge on any atom is 0.306 e. The maximum atomic E-state index is 13.0. The molecule has 0 saturated carbocycles. The van der Waals surface area contributed by atoms with Crippen molar-refractivity contribution in [3.63, 3.8) is 0 Å². The van der Waals surface area contributed by atoms with Crippen LogP contribution in [0.5, 0.6) is 0 Å². The van der Waals surface area contributed by atoms with E-state index in [9.17, 15) is 40.5 Å². The van der Waals surface area contributed by atoms with Crippen LogP contribution in [0.4, 0.5) is 0 Å². The highest BCUT2D eigenvalue weighted by Gasteiger charge is 2.47. The first-order valence-corrected chi connectivity index (χ1v) is 28.2. The van der Waals surface area contributed by atoms with E-state index in [1.54, 1.807) is 0 Å². The van der Waals surface area contributed by atoms with E-state index >= 15 is 0 Å². The van der Waals surface area contributed by atoms with Gasteiger partial charge in [0.15, 0.2) is 12.6 Å². The van der Waals surface area contributed by atoms with Crippen molar-refractivity contribution in [2.45, 2.75) is 248 Å². The molecule has 2 heterocycles. The molecule has 0 radical (unpaired) electrons. The van der Waals surface area contributed by atoms with Crippen molar-refractivity contribution in [3.8, 4) is 0 Å². The maximum absolute atomic E-state index is 13.0. The monoisotopic (exact) mass is 1030 g/mol. The number of hydrogen-bond donors (Lipinski definition) is 7.